The van der Waals surface area contributed by atoms with E-state index in [1.165, 1.54) is 0 Å². The third-order valence-electron chi connectivity index (χ3n) is 3.16. The molecule has 2 rings (SSSR count). The van der Waals surface area contributed by atoms with E-state index >= 15 is 0 Å². The van der Waals surface area contributed by atoms with Crippen LogP contribution in [0.15, 0.2) is 24.4 Å². The van der Waals surface area contributed by atoms with Crippen molar-refractivity contribution < 1.29 is 14.3 Å². The number of carbonyl (C=O) groups excluding carboxylic acids is 1. The van der Waals surface area contributed by atoms with Crippen LogP contribution >= 0.6 is 0 Å². The molecule has 5 heteroatoms. The number of amides is 1. The molecule has 0 radical (unpaired) electrons. The molecule has 1 amide bonds. The summed E-state index contributed by atoms with van der Waals surface area (Å²) in [4.78, 5) is 18.1. The SMILES string of the molecule is COc1cccnc1C1=CCN(C(=O)OC(C)(C)C)CC1. The van der Waals surface area contributed by atoms with Crippen LogP contribution in [0.5, 0.6) is 5.75 Å². The molecule has 1 aromatic heterocycles. The fraction of sp³-hybridized carbons (Fsp3) is 0.500. The highest BCUT2D eigenvalue weighted by atomic mass is 16.6. The van der Waals surface area contributed by atoms with E-state index in [1.807, 2.05) is 39.0 Å². The molecule has 21 heavy (non-hydrogen) atoms. The molecule has 0 unspecified atom stereocenters. The Hall–Kier alpha value is -2.04. The molecule has 114 valence electrons. The van der Waals surface area contributed by atoms with E-state index < -0.39 is 5.60 Å². The minimum Gasteiger partial charge on any atom is -0.494 e. The van der Waals surface area contributed by atoms with E-state index in [4.69, 9.17) is 9.47 Å². The van der Waals surface area contributed by atoms with Crippen molar-refractivity contribution in [3.63, 3.8) is 0 Å². The van der Waals surface area contributed by atoms with E-state index in [0.29, 0.717) is 13.1 Å². The van der Waals surface area contributed by atoms with Gasteiger partial charge in [0.1, 0.15) is 17.0 Å². The predicted octanol–water partition coefficient (Wildman–Crippen LogP) is 3.11. The van der Waals surface area contributed by atoms with Crippen molar-refractivity contribution in [1.82, 2.24) is 9.88 Å². The first-order valence-corrected chi connectivity index (χ1v) is 7.07. The van der Waals surface area contributed by atoms with Crippen LogP contribution in [0.2, 0.25) is 0 Å². The lowest BCUT2D eigenvalue weighted by Crippen LogP contribution is -2.39. The fourth-order valence-corrected chi connectivity index (χ4v) is 2.17. The van der Waals surface area contributed by atoms with E-state index in [2.05, 4.69) is 4.98 Å². The summed E-state index contributed by atoms with van der Waals surface area (Å²) in [5.41, 5.74) is 1.49. The van der Waals surface area contributed by atoms with Gasteiger partial charge in [-0.1, -0.05) is 6.08 Å². The molecule has 0 aliphatic carbocycles. The summed E-state index contributed by atoms with van der Waals surface area (Å²) in [5, 5.41) is 0. The Kier molecular flexibility index (Phi) is 4.50. The molecule has 1 aromatic rings. The van der Waals surface area contributed by atoms with Crippen molar-refractivity contribution in [2.45, 2.75) is 32.8 Å². The van der Waals surface area contributed by atoms with Crippen LogP contribution in [0, 0.1) is 0 Å². The summed E-state index contributed by atoms with van der Waals surface area (Å²) in [5.74, 6) is 0.759. The second-order valence-electron chi connectivity index (χ2n) is 5.96. The zero-order valence-electron chi connectivity index (χ0n) is 13.0. The number of hydrogen-bond donors (Lipinski definition) is 0. The number of hydrogen-bond acceptors (Lipinski definition) is 4. The van der Waals surface area contributed by atoms with Crippen LogP contribution in [0.1, 0.15) is 32.9 Å². The third kappa shape index (κ3) is 3.97. The summed E-state index contributed by atoms with van der Waals surface area (Å²) < 4.78 is 10.7. The maximum atomic E-state index is 12.0. The molecule has 0 saturated carbocycles. The standard InChI is InChI=1S/C16H22N2O3/c1-16(2,3)21-15(19)18-10-7-12(8-11-18)14-13(20-4)6-5-9-17-14/h5-7,9H,8,10-11H2,1-4H3. The predicted molar refractivity (Wildman–Crippen MR) is 81.2 cm³/mol. The first-order valence-electron chi connectivity index (χ1n) is 7.07. The van der Waals surface area contributed by atoms with Crippen molar-refractivity contribution in [3.8, 4) is 5.75 Å². The lowest BCUT2D eigenvalue weighted by molar-refractivity contribution is 0.0270. The van der Waals surface area contributed by atoms with Gasteiger partial charge in [0, 0.05) is 19.3 Å². The molecular formula is C16H22N2O3. The van der Waals surface area contributed by atoms with Crippen LogP contribution in [0.25, 0.3) is 5.57 Å². The lowest BCUT2D eigenvalue weighted by atomic mass is 10.0. The lowest BCUT2D eigenvalue weighted by Gasteiger charge is -2.29. The second-order valence-corrected chi connectivity index (χ2v) is 5.96. The molecule has 5 nitrogen and oxygen atoms in total. The molecule has 0 N–H and O–H groups in total. The molecule has 0 bridgehead atoms. The molecule has 1 aliphatic rings. The molecular weight excluding hydrogens is 268 g/mol. The highest BCUT2D eigenvalue weighted by molar-refractivity contribution is 5.73. The van der Waals surface area contributed by atoms with Crippen LogP contribution in [0.3, 0.4) is 0 Å². The third-order valence-corrected chi connectivity index (χ3v) is 3.16. The average molecular weight is 290 g/mol. The minimum absolute atomic E-state index is 0.272. The van der Waals surface area contributed by atoms with Gasteiger partial charge in [-0.05, 0) is 44.9 Å². The number of ether oxygens (including phenoxy) is 2. The Morgan fingerprint density at radius 2 is 2.14 bits per heavy atom. The number of carbonyl (C=O) groups is 1. The van der Waals surface area contributed by atoms with Gasteiger partial charge in [-0.15, -0.1) is 0 Å². The normalized spacial score (nSPS) is 15.4. The van der Waals surface area contributed by atoms with Gasteiger partial charge in [0.25, 0.3) is 0 Å². The van der Waals surface area contributed by atoms with Crippen LogP contribution in [-0.4, -0.2) is 41.8 Å². The van der Waals surface area contributed by atoms with Crippen molar-refractivity contribution in [3.05, 3.63) is 30.1 Å². The highest BCUT2D eigenvalue weighted by Gasteiger charge is 2.24. The van der Waals surface area contributed by atoms with Crippen LogP contribution in [-0.2, 0) is 4.74 Å². The van der Waals surface area contributed by atoms with Gasteiger partial charge in [0.2, 0.25) is 0 Å². The molecule has 0 saturated heterocycles. The smallest absolute Gasteiger partial charge is 0.410 e. The van der Waals surface area contributed by atoms with E-state index in [1.54, 1.807) is 18.2 Å². The number of methoxy groups -OCH3 is 1. The molecule has 2 heterocycles. The van der Waals surface area contributed by atoms with Crippen molar-refractivity contribution >= 4 is 11.7 Å². The first kappa shape index (κ1) is 15.4. The van der Waals surface area contributed by atoms with Crippen LogP contribution in [0.4, 0.5) is 4.79 Å². The Morgan fingerprint density at radius 1 is 1.38 bits per heavy atom. The fourth-order valence-electron chi connectivity index (χ4n) is 2.17. The Labute approximate surface area is 125 Å². The van der Waals surface area contributed by atoms with Gasteiger partial charge in [-0.25, -0.2) is 4.79 Å². The van der Waals surface area contributed by atoms with E-state index in [9.17, 15) is 4.79 Å². The van der Waals surface area contributed by atoms with Crippen molar-refractivity contribution in [1.29, 1.82) is 0 Å². The van der Waals surface area contributed by atoms with E-state index in [-0.39, 0.29) is 6.09 Å². The highest BCUT2D eigenvalue weighted by Crippen LogP contribution is 2.28. The maximum Gasteiger partial charge on any atom is 0.410 e. The number of nitrogens with zero attached hydrogens (tertiary/aromatic N) is 2. The monoisotopic (exact) mass is 290 g/mol. The van der Waals surface area contributed by atoms with Gasteiger partial charge in [-0.2, -0.15) is 0 Å². The van der Waals surface area contributed by atoms with Gasteiger partial charge in [-0.3, -0.25) is 4.98 Å². The summed E-state index contributed by atoms with van der Waals surface area (Å²) in [6, 6.07) is 3.74. The summed E-state index contributed by atoms with van der Waals surface area (Å²) in [6.07, 6.45) is 4.23. The quantitative estimate of drug-likeness (QED) is 0.839. The molecule has 0 aromatic carbocycles. The maximum absolute atomic E-state index is 12.0. The molecule has 0 atom stereocenters. The molecule has 0 fully saturated rings. The molecule has 0 spiro atoms. The zero-order chi connectivity index (χ0) is 15.5. The Balaban J connectivity index is 2.07. The Morgan fingerprint density at radius 3 is 2.71 bits per heavy atom. The largest absolute Gasteiger partial charge is 0.494 e. The van der Waals surface area contributed by atoms with E-state index in [0.717, 1.165) is 23.4 Å². The molecule has 1 aliphatic heterocycles. The van der Waals surface area contributed by atoms with Gasteiger partial charge >= 0.3 is 6.09 Å². The first-order chi connectivity index (χ1) is 9.90. The summed E-state index contributed by atoms with van der Waals surface area (Å²) >= 11 is 0. The number of pyridine rings is 1. The average Bonchev–Trinajstić information content (AvgIpc) is 2.45. The van der Waals surface area contributed by atoms with Crippen molar-refractivity contribution in [2.75, 3.05) is 20.2 Å². The number of aromatic nitrogens is 1. The van der Waals surface area contributed by atoms with Gasteiger partial charge in [0.15, 0.2) is 0 Å². The second kappa shape index (κ2) is 6.16. The number of rotatable bonds is 2. The zero-order valence-corrected chi connectivity index (χ0v) is 13.0. The topological polar surface area (TPSA) is 51.7 Å². The summed E-state index contributed by atoms with van der Waals surface area (Å²) in [7, 11) is 1.64. The van der Waals surface area contributed by atoms with Gasteiger partial charge < -0.3 is 14.4 Å². The minimum atomic E-state index is -0.467. The van der Waals surface area contributed by atoms with Crippen molar-refractivity contribution in [2.24, 2.45) is 0 Å². The van der Waals surface area contributed by atoms with Crippen LogP contribution < -0.4 is 4.74 Å². The Bertz CT molecular complexity index is 547. The summed E-state index contributed by atoms with van der Waals surface area (Å²) in [6.45, 7) is 6.77. The van der Waals surface area contributed by atoms with Gasteiger partial charge in [0.05, 0.1) is 7.11 Å².